The second-order valence-electron chi connectivity index (χ2n) is 6.07. The van der Waals surface area contributed by atoms with Gasteiger partial charge in [-0.2, -0.15) is 4.31 Å². The van der Waals surface area contributed by atoms with Crippen molar-refractivity contribution < 1.29 is 21.9 Å². The van der Waals surface area contributed by atoms with Crippen molar-refractivity contribution in [3.8, 4) is 11.3 Å². The predicted octanol–water partition coefficient (Wildman–Crippen LogP) is 3.13. The molecule has 0 aliphatic carbocycles. The molecule has 1 fully saturated rings. The number of rotatable bonds is 3. The highest BCUT2D eigenvalue weighted by molar-refractivity contribution is 7.89. The van der Waals surface area contributed by atoms with Crippen molar-refractivity contribution in [2.75, 3.05) is 26.3 Å². The van der Waals surface area contributed by atoms with Gasteiger partial charge in [-0.1, -0.05) is 0 Å². The number of sulfonamides is 1. The number of nitrogens with one attached hydrogen (secondary N) is 1. The summed E-state index contributed by atoms with van der Waals surface area (Å²) in [5, 5.41) is 0.609. The van der Waals surface area contributed by atoms with E-state index in [4.69, 9.17) is 4.74 Å². The molecule has 26 heavy (non-hydrogen) atoms. The molecule has 0 bridgehead atoms. The lowest BCUT2D eigenvalue weighted by Gasteiger charge is -2.26. The fraction of sp³-hybridized carbons (Fsp3) is 0.222. The van der Waals surface area contributed by atoms with Gasteiger partial charge in [0.15, 0.2) is 0 Å². The first-order chi connectivity index (χ1) is 12.4. The van der Waals surface area contributed by atoms with Gasteiger partial charge in [0.05, 0.1) is 18.1 Å². The minimum atomic E-state index is -3.62. The first-order valence-electron chi connectivity index (χ1n) is 8.11. The number of aromatic nitrogens is 1. The average molecular weight is 378 g/mol. The number of aromatic amines is 1. The van der Waals surface area contributed by atoms with E-state index in [0.29, 0.717) is 42.9 Å². The van der Waals surface area contributed by atoms with Crippen molar-refractivity contribution >= 4 is 20.9 Å². The van der Waals surface area contributed by atoms with Gasteiger partial charge in [-0.05, 0) is 42.5 Å². The van der Waals surface area contributed by atoms with Gasteiger partial charge in [-0.25, -0.2) is 17.2 Å². The number of halogens is 2. The van der Waals surface area contributed by atoms with Gasteiger partial charge in [0, 0.05) is 35.2 Å². The largest absolute Gasteiger partial charge is 0.379 e. The third-order valence-corrected chi connectivity index (χ3v) is 6.31. The number of morpholine rings is 1. The van der Waals surface area contributed by atoms with Crippen molar-refractivity contribution in [2.24, 2.45) is 0 Å². The zero-order chi connectivity index (χ0) is 18.3. The monoisotopic (exact) mass is 378 g/mol. The normalized spacial score (nSPS) is 16.2. The molecule has 0 saturated carbocycles. The van der Waals surface area contributed by atoms with E-state index < -0.39 is 21.7 Å². The summed E-state index contributed by atoms with van der Waals surface area (Å²) >= 11 is 0. The van der Waals surface area contributed by atoms with Crippen LogP contribution in [0.25, 0.3) is 22.2 Å². The summed E-state index contributed by atoms with van der Waals surface area (Å²) in [5.41, 5.74) is 1.13. The molecule has 1 aromatic heterocycles. The molecule has 0 unspecified atom stereocenters. The van der Waals surface area contributed by atoms with Crippen LogP contribution < -0.4 is 0 Å². The van der Waals surface area contributed by atoms with Crippen LogP contribution in [0, 0.1) is 11.6 Å². The Morgan fingerprint density at radius 2 is 1.77 bits per heavy atom. The second-order valence-corrected chi connectivity index (χ2v) is 8.01. The van der Waals surface area contributed by atoms with E-state index in [0.717, 1.165) is 18.2 Å². The molecule has 1 aliphatic rings. The van der Waals surface area contributed by atoms with Crippen LogP contribution in [0.2, 0.25) is 0 Å². The van der Waals surface area contributed by atoms with Gasteiger partial charge in [-0.15, -0.1) is 0 Å². The molecule has 136 valence electrons. The number of ether oxygens (including phenoxy) is 1. The Hall–Kier alpha value is -2.29. The van der Waals surface area contributed by atoms with Crippen molar-refractivity contribution in [3.05, 3.63) is 54.1 Å². The third-order valence-electron chi connectivity index (χ3n) is 4.42. The van der Waals surface area contributed by atoms with E-state index in [-0.39, 0.29) is 10.5 Å². The summed E-state index contributed by atoms with van der Waals surface area (Å²) < 4.78 is 59.5. The molecule has 2 aromatic carbocycles. The van der Waals surface area contributed by atoms with Crippen LogP contribution in [0.4, 0.5) is 8.78 Å². The van der Waals surface area contributed by atoms with E-state index in [9.17, 15) is 17.2 Å². The number of nitrogens with zero attached hydrogens (tertiary/aromatic N) is 1. The molecule has 0 radical (unpaired) electrons. The van der Waals surface area contributed by atoms with Gasteiger partial charge in [-0.3, -0.25) is 0 Å². The van der Waals surface area contributed by atoms with Crippen LogP contribution in [0.3, 0.4) is 0 Å². The number of hydrogen-bond acceptors (Lipinski definition) is 3. The quantitative estimate of drug-likeness (QED) is 0.762. The maximum atomic E-state index is 14.0. The molecule has 0 spiro atoms. The van der Waals surface area contributed by atoms with Crippen LogP contribution in [-0.2, 0) is 14.8 Å². The van der Waals surface area contributed by atoms with E-state index in [1.54, 1.807) is 12.1 Å². The highest BCUT2D eigenvalue weighted by Gasteiger charge is 2.26. The van der Waals surface area contributed by atoms with Crippen LogP contribution in [-0.4, -0.2) is 44.0 Å². The predicted molar refractivity (Wildman–Crippen MR) is 93.2 cm³/mol. The van der Waals surface area contributed by atoms with Gasteiger partial charge < -0.3 is 9.72 Å². The van der Waals surface area contributed by atoms with E-state index in [1.165, 1.54) is 16.4 Å². The molecule has 1 aliphatic heterocycles. The Morgan fingerprint density at radius 1 is 1.00 bits per heavy atom. The van der Waals surface area contributed by atoms with Gasteiger partial charge in [0.25, 0.3) is 0 Å². The zero-order valence-electron chi connectivity index (χ0n) is 13.7. The summed E-state index contributed by atoms with van der Waals surface area (Å²) in [4.78, 5) is 3.17. The summed E-state index contributed by atoms with van der Waals surface area (Å²) in [6.45, 7) is 1.36. The lowest BCUT2D eigenvalue weighted by Crippen LogP contribution is -2.40. The molecule has 0 amide bonds. The lowest BCUT2D eigenvalue weighted by atomic mass is 10.1. The zero-order valence-corrected chi connectivity index (χ0v) is 14.5. The minimum absolute atomic E-state index is 0.0961. The summed E-state index contributed by atoms with van der Waals surface area (Å²) in [6, 6.07) is 9.51. The standard InChI is InChI=1S/C18H16F2N2O3S/c19-13-1-3-16(20)15(11-13)18-10-12-9-14(2-4-17(12)21-18)26(23,24)22-5-7-25-8-6-22/h1-4,9-11,21H,5-8H2. The third kappa shape index (κ3) is 3.00. The molecular weight excluding hydrogens is 362 g/mol. The number of fused-ring (bicyclic) bond motifs is 1. The Kier molecular flexibility index (Phi) is 4.26. The Balaban J connectivity index is 1.75. The van der Waals surface area contributed by atoms with Crippen LogP contribution in [0.5, 0.6) is 0 Å². The lowest BCUT2D eigenvalue weighted by molar-refractivity contribution is 0.0730. The molecular formula is C18H16F2N2O3S. The topological polar surface area (TPSA) is 62.4 Å². The molecule has 3 aromatic rings. The molecule has 8 heteroatoms. The molecule has 5 nitrogen and oxygen atoms in total. The van der Waals surface area contributed by atoms with Crippen LogP contribution in [0.15, 0.2) is 47.4 Å². The molecule has 1 N–H and O–H groups in total. The maximum Gasteiger partial charge on any atom is 0.243 e. The van der Waals surface area contributed by atoms with Crippen LogP contribution >= 0.6 is 0 Å². The van der Waals surface area contributed by atoms with Crippen molar-refractivity contribution in [1.82, 2.24) is 9.29 Å². The first-order valence-corrected chi connectivity index (χ1v) is 9.55. The molecule has 2 heterocycles. The summed E-state index contributed by atoms with van der Waals surface area (Å²) in [7, 11) is -3.62. The van der Waals surface area contributed by atoms with Crippen LogP contribution in [0.1, 0.15) is 0 Å². The number of benzene rings is 2. The Morgan fingerprint density at radius 3 is 2.54 bits per heavy atom. The highest BCUT2D eigenvalue weighted by atomic mass is 32.2. The summed E-state index contributed by atoms with van der Waals surface area (Å²) in [5.74, 6) is -1.10. The van der Waals surface area contributed by atoms with E-state index in [2.05, 4.69) is 4.98 Å². The van der Waals surface area contributed by atoms with E-state index >= 15 is 0 Å². The maximum absolute atomic E-state index is 14.0. The smallest absolute Gasteiger partial charge is 0.243 e. The van der Waals surface area contributed by atoms with Gasteiger partial charge >= 0.3 is 0 Å². The SMILES string of the molecule is O=S(=O)(c1ccc2[nH]c(-c3cc(F)ccc3F)cc2c1)N1CCOCC1. The Labute approximate surface area is 149 Å². The fourth-order valence-corrected chi connectivity index (χ4v) is 4.50. The molecule has 4 rings (SSSR count). The van der Waals surface area contributed by atoms with Crippen molar-refractivity contribution in [2.45, 2.75) is 4.90 Å². The van der Waals surface area contributed by atoms with Crippen molar-refractivity contribution in [3.63, 3.8) is 0 Å². The van der Waals surface area contributed by atoms with Gasteiger partial charge in [0.1, 0.15) is 11.6 Å². The fourth-order valence-electron chi connectivity index (χ4n) is 3.06. The highest BCUT2D eigenvalue weighted by Crippen LogP contribution is 2.29. The second kappa shape index (κ2) is 6.46. The average Bonchev–Trinajstić information content (AvgIpc) is 3.07. The number of H-pyrrole nitrogens is 1. The number of hydrogen-bond donors (Lipinski definition) is 1. The van der Waals surface area contributed by atoms with Crippen molar-refractivity contribution in [1.29, 1.82) is 0 Å². The molecule has 0 atom stereocenters. The van der Waals surface area contributed by atoms with Gasteiger partial charge in [0.2, 0.25) is 10.0 Å². The molecule has 1 saturated heterocycles. The Bertz CT molecular complexity index is 1070. The minimum Gasteiger partial charge on any atom is -0.379 e. The summed E-state index contributed by atoms with van der Waals surface area (Å²) in [6.07, 6.45) is 0. The van der Waals surface area contributed by atoms with E-state index in [1.807, 2.05) is 0 Å². The first kappa shape index (κ1) is 17.1.